The summed E-state index contributed by atoms with van der Waals surface area (Å²) in [4.78, 5) is 11.0. The minimum Gasteiger partial charge on any atom is -0.481 e. The SMILES string of the molecule is O=C(O)C1CCCC1S(=O)(=O)N1C[C@@H](O)[C@@H](O)C1. The van der Waals surface area contributed by atoms with Gasteiger partial charge in [0.25, 0.3) is 0 Å². The van der Waals surface area contributed by atoms with E-state index in [2.05, 4.69) is 0 Å². The Kier molecular flexibility index (Phi) is 3.63. The Bertz CT molecular complexity index is 426. The summed E-state index contributed by atoms with van der Waals surface area (Å²) in [5, 5.41) is 26.8. The minimum atomic E-state index is -3.77. The van der Waals surface area contributed by atoms with Crippen LogP contribution in [0.1, 0.15) is 19.3 Å². The molecule has 2 aliphatic rings. The molecule has 0 bridgehead atoms. The van der Waals surface area contributed by atoms with Crippen molar-refractivity contribution in [3.8, 4) is 0 Å². The Morgan fingerprint density at radius 2 is 1.67 bits per heavy atom. The van der Waals surface area contributed by atoms with Crippen LogP contribution >= 0.6 is 0 Å². The predicted octanol–water partition coefficient (Wildman–Crippen LogP) is -1.39. The van der Waals surface area contributed by atoms with Crippen molar-refractivity contribution >= 4 is 16.0 Å². The summed E-state index contributed by atoms with van der Waals surface area (Å²) in [5.41, 5.74) is 0. The van der Waals surface area contributed by atoms with Gasteiger partial charge in [-0.2, -0.15) is 4.31 Å². The molecule has 0 spiro atoms. The number of nitrogens with zero attached hydrogens (tertiary/aromatic N) is 1. The predicted molar refractivity (Wildman–Crippen MR) is 61.3 cm³/mol. The molecule has 1 aliphatic heterocycles. The second-order valence-corrected chi connectivity index (χ2v) is 7.06. The third kappa shape index (κ3) is 2.25. The molecule has 7 nitrogen and oxygen atoms in total. The highest BCUT2D eigenvalue weighted by Gasteiger charge is 2.47. The molecule has 104 valence electrons. The maximum Gasteiger partial charge on any atom is 0.307 e. The molecule has 0 aromatic heterocycles. The fourth-order valence-electron chi connectivity index (χ4n) is 2.70. The largest absolute Gasteiger partial charge is 0.481 e. The minimum absolute atomic E-state index is 0.160. The zero-order chi connectivity index (χ0) is 13.5. The highest BCUT2D eigenvalue weighted by atomic mass is 32.2. The zero-order valence-corrected chi connectivity index (χ0v) is 10.6. The van der Waals surface area contributed by atoms with E-state index in [1.54, 1.807) is 0 Å². The lowest BCUT2D eigenvalue weighted by Gasteiger charge is -2.23. The molecule has 2 fully saturated rings. The van der Waals surface area contributed by atoms with Crippen molar-refractivity contribution in [2.45, 2.75) is 36.7 Å². The Morgan fingerprint density at radius 1 is 1.11 bits per heavy atom. The second-order valence-electron chi connectivity index (χ2n) is 4.91. The first-order valence-corrected chi connectivity index (χ1v) is 7.42. The van der Waals surface area contributed by atoms with E-state index in [1.807, 2.05) is 0 Å². The molecule has 0 amide bonds. The molecule has 1 heterocycles. The van der Waals surface area contributed by atoms with Crippen molar-refractivity contribution in [3.63, 3.8) is 0 Å². The topological polar surface area (TPSA) is 115 Å². The maximum atomic E-state index is 12.3. The fraction of sp³-hybridized carbons (Fsp3) is 0.900. The fourth-order valence-corrected chi connectivity index (χ4v) is 4.94. The standard InChI is InChI=1S/C10H17NO6S/c12-7-4-11(5-8(7)13)18(16,17)9-3-1-2-6(9)10(14)15/h6-9,12-13H,1-5H2,(H,14,15)/t6?,7-,8+,9?. The number of β-amino-alcohol motifs (C(OH)–C–C–N with tert-alkyl or cyclic N) is 2. The van der Waals surface area contributed by atoms with Crippen molar-refractivity contribution in [2.24, 2.45) is 5.92 Å². The Balaban J connectivity index is 2.19. The number of aliphatic hydroxyl groups excluding tert-OH is 2. The van der Waals surface area contributed by atoms with Gasteiger partial charge in [0.1, 0.15) is 0 Å². The third-order valence-electron chi connectivity index (χ3n) is 3.74. The van der Waals surface area contributed by atoms with E-state index in [4.69, 9.17) is 5.11 Å². The smallest absolute Gasteiger partial charge is 0.307 e. The molecule has 1 saturated carbocycles. The van der Waals surface area contributed by atoms with Crippen molar-refractivity contribution in [1.82, 2.24) is 4.31 Å². The zero-order valence-electron chi connectivity index (χ0n) is 9.77. The van der Waals surface area contributed by atoms with Crippen molar-refractivity contribution in [2.75, 3.05) is 13.1 Å². The molecule has 1 saturated heterocycles. The van der Waals surface area contributed by atoms with Crippen LogP contribution in [-0.4, -0.2) is 64.6 Å². The van der Waals surface area contributed by atoms with Gasteiger partial charge in [0.2, 0.25) is 10.0 Å². The van der Waals surface area contributed by atoms with Gasteiger partial charge < -0.3 is 15.3 Å². The van der Waals surface area contributed by atoms with Gasteiger partial charge in [-0.3, -0.25) is 4.79 Å². The van der Waals surface area contributed by atoms with E-state index < -0.39 is 39.4 Å². The van der Waals surface area contributed by atoms with Crippen LogP contribution < -0.4 is 0 Å². The van der Waals surface area contributed by atoms with E-state index in [0.717, 1.165) is 4.31 Å². The van der Waals surface area contributed by atoms with Crippen LogP contribution in [-0.2, 0) is 14.8 Å². The number of carbonyl (C=O) groups is 1. The first kappa shape index (κ1) is 13.7. The summed E-state index contributed by atoms with van der Waals surface area (Å²) in [6.45, 7) is -0.321. The van der Waals surface area contributed by atoms with E-state index in [-0.39, 0.29) is 13.1 Å². The van der Waals surface area contributed by atoms with E-state index >= 15 is 0 Å². The molecule has 2 rings (SSSR count). The highest BCUT2D eigenvalue weighted by molar-refractivity contribution is 7.89. The van der Waals surface area contributed by atoms with Crippen molar-refractivity contribution in [1.29, 1.82) is 0 Å². The molecule has 4 atom stereocenters. The first-order valence-electron chi connectivity index (χ1n) is 5.92. The number of aliphatic carboxylic acids is 1. The summed E-state index contributed by atoms with van der Waals surface area (Å²) in [7, 11) is -3.77. The van der Waals surface area contributed by atoms with E-state index in [1.165, 1.54) is 0 Å². The summed E-state index contributed by atoms with van der Waals surface area (Å²) >= 11 is 0. The van der Waals surface area contributed by atoms with Gasteiger partial charge in [-0.25, -0.2) is 8.42 Å². The van der Waals surface area contributed by atoms with Crippen LogP contribution in [0.15, 0.2) is 0 Å². The first-order chi connectivity index (χ1) is 8.34. The normalized spacial score (nSPS) is 38.1. The van der Waals surface area contributed by atoms with Crippen molar-refractivity contribution in [3.05, 3.63) is 0 Å². The van der Waals surface area contributed by atoms with Gasteiger partial charge >= 0.3 is 5.97 Å². The summed E-state index contributed by atoms with van der Waals surface area (Å²) in [6, 6.07) is 0. The summed E-state index contributed by atoms with van der Waals surface area (Å²) in [5.74, 6) is -1.98. The molecular formula is C10H17NO6S. The number of carboxylic acid groups (broad SMARTS) is 1. The lowest BCUT2D eigenvalue weighted by atomic mass is 10.1. The molecule has 0 aromatic carbocycles. The quantitative estimate of drug-likeness (QED) is 0.585. The number of rotatable bonds is 3. The second kappa shape index (κ2) is 4.76. The van der Waals surface area contributed by atoms with E-state index in [0.29, 0.717) is 19.3 Å². The van der Waals surface area contributed by atoms with Gasteiger partial charge in [0, 0.05) is 13.1 Å². The average molecular weight is 279 g/mol. The number of sulfonamides is 1. The maximum absolute atomic E-state index is 12.3. The average Bonchev–Trinajstić information content (AvgIpc) is 2.87. The molecule has 18 heavy (non-hydrogen) atoms. The Hall–Kier alpha value is -0.700. The van der Waals surface area contributed by atoms with Gasteiger partial charge in [0.05, 0.1) is 23.4 Å². The number of hydrogen-bond donors (Lipinski definition) is 3. The molecule has 8 heteroatoms. The molecule has 2 unspecified atom stereocenters. The van der Waals surface area contributed by atoms with Crippen LogP contribution in [0.2, 0.25) is 0 Å². The number of aliphatic hydroxyl groups is 2. The van der Waals surface area contributed by atoms with Crippen LogP contribution in [0, 0.1) is 5.92 Å². The molecule has 1 aliphatic carbocycles. The highest BCUT2D eigenvalue weighted by Crippen LogP contribution is 2.34. The number of hydrogen-bond acceptors (Lipinski definition) is 5. The lowest BCUT2D eigenvalue weighted by Crippen LogP contribution is -2.41. The van der Waals surface area contributed by atoms with Gasteiger partial charge in [-0.15, -0.1) is 0 Å². The molecule has 0 radical (unpaired) electrons. The lowest BCUT2D eigenvalue weighted by molar-refractivity contribution is -0.141. The monoisotopic (exact) mass is 279 g/mol. The molecule has 3 N–H and O–H groups in total. The number of carboxylic acids is 1. The van der Waals surface area contributed by atoms with Crippen LogP contribution in [0.5, 0.6) is 0 Å². The summed E-state index contributed by atoms with van der Waals surface area (Å²) in [6.07, 6.45) is -0.936. The van der Waals surface area contributed by atoms with Crippen LogP contribution in [0.3, 0.4) is 0 Å². The Morgan fingerprint density at radius 3 is 2.17 bits per heavy atom. The van der Waals surface area contributed by atoms with Gasteiger partial charge in [-0.05, 0) is 12.8 Å². The molecular weight excluding hydrogens is 262 g/mol. The third-order valence-corrected chi connectivity index (χ3v) is 6.09. The van der Waals surface area contributed by atoms with Crippen LogP contribution in [0.25, 0.3) is 0 Å². The van der Waals surface area contributed by atoms with Crippen LogP contribution in [0.4, 0.5) is 0 Å². The van der Waals surface area contributed by atoms with Crippen molar-refractivity contribution < 1.29 is 28.5 Å². The summed E-state index contributed by atoms with van der Waals surface area (Å²) < 4.78 is 25.6. The van der Waals surface area contributed by atoms with E-state index in [9.17, 15) is 23.4 Å². The van der Waals surface area contributed by atoms with Gasteiger partial charge in [-0.1, -0.05) is 6.42 Å². The molecule has 0 aromatic rings. The Labute approximate surface area is 105 Å². The van der Waals surface area contributed by atoms with Gasteiger partial charge in [0.15, 0.2) is 0 Å².